The Hall–Kier alpha value is -1.88. The summed E-state index contributed by atoms with van der Waals surface area (Å²) in [5.41, 5.74) is 1.95. The molecule has 2 rings (SSSR count). The summed E-state index contributed by atoms with van der Waals surface area (Å²) < 4.78 is 5.64. The minimum Gasteiger partial charge on any atom is -0.480 e. The Bertz CT molecular complexity index is 529. The van der Waals surface area contributed by atoms with E-state index < -0.39 is 12.1 Å². The molecule has 1 aliphatic rings. The lowest BCUT2D eigenvalue weighted by molar-refractivity contribution is -0.154. The van der Waals surface area contributed by atoms with Crippen molar-refractivity contribution in [3.8, 4) is 0 Å². The number of carbonyl (C=O) groups excluding carboxylic acids is 1. The fraction of sp³-hybridized carbons (Fsp3) is 0.500. The standard InChI is InChI=1S/C16H21NO4/c1-3-11(2)17(10-14(18)19)16(20)15-13-7-5-4-6-12(13)8-9-21-15/h4-7,11,15H,3,8-10H2,1-2H3,(H,18,19). The molecule has 1 heterocycles. The van der Waals surface area contributed by atoms with Crippen LogP contribution in [-0.2, 0) is 20.7 Å². The average molecular weight is 291 g/mol. The number of carbonyl (C=O) groups is 2. The Balaban J connectivity index is 2.27. The van der Waals surface area contributed by atoms with Crippen molar-refractivity contribution in [1.29, 1.82) is 0 Å². The van der Waals surface area contributed by atoms with Crippen LogP contribution in [0.3, 0.4) is 0 Å². The lowest BCUT2D eigenvalue weighted by Crippen LogP contribution is -2.45. The highest BCUT2D eigenvalue weighted by Gasteiger charge is 2.33. The van der Waals surface area contributed by atoms with E-state index in [9.17, 15) is 9.59 Å². The second kappa shape index (κ2) is 6.72. The van der Waals surface area contributed by atoms with Crippen LogP contribution in [0.25, 0.3) is 0 Å². The molecule has 0 saturated heterocycles. The fourth-order valence-electron chi connectivity index (χ4n) is 2.57. The van der Waals surface area contributed by atoms with Gasteiger partial charge in [0.1, 0.15) is 6.54 Å². The number of ether oxygens (including phenoxy) is 1. The van der Waals surface area contributed by atoms with E-state index in [4.69, 9.17) is 9.84 Å². The van der Waals surface area contributed by atoms with Gasteiger partial charge in [0.05, 0.1) is 6.61 Å². The molecule has 0 saturated carbocycles. The molecular weight excluding hydrogens is 270 g/mol. The molecule has 0 aliphatic carbocycles. The number of benzene rings is 1. The topological polar surface area (TPSA) is 66.8 Å². The van der Waals surface area contributed by atoms with Crippen molar-refractivity contribution in [3.05, 3.63) is 35.4 Å². The van der Waals surface area contributed by atoms with Crippen LogP contribution in [0.2, 0.25) is 0 Å². The van der Waals surface area contributed by atoms with Crippen molar-refractivity contribution < 1.29 is 19.4 Å². The number of carboxylic acids is 1. The summed E-state index contributed by atoms with van der Waals surface area (Å²) in [5, 5.41) is 9.04. The summed E-state index contributed by atoms with van der Waals surface area (Å²) in [6.07, 6.45) is 0.790. The molecule has 0 bridgehead atoms. The van der Waals surface area contributed by atoms with Gasteiger partial charge in [-0.05, 0) is 30.9 Å². The van der Waals surface area contributed by atoms with Gasteiger partial charge >= 0.3 is 5.97 Å². The van der Waals surface area contributed by atoms with Gasteiger partial charge in [0, 0.05) is 6.04 Å². The molecule has 1 amide bonds. The maximum Gasteiger partial charge on any atom is 0.323 e. The third-order valence-electron chi connectivity index (χ3n) is 3.93. The van der Waals surface area contributed by atoms with E-state index in [1.807, 2.05) is 38.1 Å². The second-order valence-corrected chi connectivity index (χ2v) is 5.32. The van der Waals surface area contributed by atoms with E-state index in [1.165, 1.54) is 4.90 Å². The first-order valence-electron chi connectivity index (χ1n) is 7.26. The molecule has 5 nitrogen and oxygen atoms in total. The van der Waals surface area contributed by atoms with Gasteiger partial charge in [0.2, 0.25) is 0 Å². The lowest BCUT2D eigenvalue weighted by atomic mass is 9.96. The highest BCUT2D eigenvalue weighted by molar-refractivity contribution is 5.86. The summed E-state index contributed by atoms with van der Waals surface area (Å²) in [5.74, 6) is -1.27. The number of nitrogens with zero attached hydrogens (tertiary/aromatic N) is 1. The molecule has 0 radical (unpaired) electrons. The second-order valence-electron chi connectivity index (χ2n) is 5.32. The Labute approximate surface area is 124 Å². The summed E-state index contributed by atoms with van der Waals surface area (Å²) in [4.78, 5) is 25.2. The van der Waals surface area contributed by atoms with Crippen molar-refractivity contribution >= 4 is 11.9 Å². The van der Waals surface area contributed by atoms with Gasteiger partial charge in [-0.2, -0.15) is 0 Å². The molecule has 21 heavy (non-hydrogen) atoms. The van der Waals surface area contributed by atoms with Crippen LogP contribution in [0.4, 0.5) is 0 Å². The highest BCUT2D eigenvalue weighted by Crippen LogP contribution is 2.29. The van der Waals surface area contributed by atoms with Crippen molar-refractivity contribution in [2.75, 3.05) is 13.2 Å². The molecule has 2 unspecified atom stereocenters. The van der Waals surface area contributed by atoms with E-state index in [0.717, 1.165) is 17.5 Å². The highest BCUT2D eigenvalue weighted by atomic mass is 16.5. The molecule has 0 fully saturated rings. The maximum atomic E-state index is 12.7. The zero-order valence-corrected chi connectivity index (χ0v) is 12.4. The normalized spacial score (nSPS) is 18.7. The van der Waals surface area contributed by atoms with Gasteiger partial charge in [-0.15, -0.1) is 0 Å². The number of fused-ring (bicyclic) bond motifs is 1. The molecule has 1 aromatic rings. The van der Waals surface area contributed by atoms with Gasteiger partial charge in [-0.1, -0.05) is 31.2 Å². The van der Waals surface area contributed by atoms with Crippen LogP contribution in [0.15, 0.2) is 24.3 Å². The molecule has 1 N–H and O–H groups in total. The lowest BCUT2D eigenvalue weighted by Gasteiger charge is -2.33. The van der Waals surface area contributed by atoms with Crippen LogP contribution in [0.5, 0.6) is 0 Å². The first kappa shape index (κ1) is 15.5. The molecule has 1 aromatic carbocycles. The van der Waals surface area contributed by atoms with E-state index in [0.29, 0.717) is 13.0 Å². The number of aliphatic carboxylic acids is 1. The van der Waals surface area contributed by atoms with Gasteiger partial charge in [-0.25, -0.2) is 0 Å². The summed E-state index contributed by atoms with van der Waals surface area (Å²) in [6, 6.07) is 7.55. The molecule has 5 heteroatoms. The van der Waals surface area contributed by atoms with Crippen LogP contribution >= 0.6 is 0 Å². The largest absolute Gasteiger partial charge is 0.480 e. The fourth-order valence-corrected chi connectivity index (χ4v) is 2.57. The third-order valence-corrected chi connectivity index (χ3v) is 3.93. The molecule has 2 atom stereocenters. The van der Waals surface area contributed by atoms with Crippen molar-refractivity contribution in [2.45, 2.75) is 38.8 Å². The summed E-state index contributed by atoms with van der Waals surface area (Å²) >= 11 is 0. The predicted molar refractivity (Wildman–Crippen MR) is 77.9 cm³/mol. The number of carboxylic acid groups (broad SMARTS) is 1. The smallest absolute Gasteiger partial charge is 0.323 e. The van der Waals surface area contributed by atoms with Crippen molar-refractivity contribution in [1.82, 2.24) is 4.90 Å². The summed E-state index contributed by atoms with van der Waals surface area (Å²) in [6.45, 7) is 3.97. The number of hydrogen-bond acceptors (Lipinski definition) is 3. The van der Waals surface area contributed by atoms with Crippen LogP contribution < -0.4 is 0 Å². The average Bonchev–Trinajstić information content (AvgIpc) is 2.50. The first-order chi connectivity index (χ1) is 10.0. The third kappa shape index (κ3) is 3.42. The molecule has 0 spiro atoms. The Morgan fingerprint density at radius 2 is 2.14 bits per heavy atom. The minimum absolute atomic E-state index is 0.133. The molecule has 114 valence electrons. The van der Waals surface area contributed by atoms with Crippen LogP contribution in [0.1, 0.15) is 37.5 Å². The van der Waals surface area contributed by atoms with Crippen molar-refractivity contribution in [3.63, 3.8) is 0 Å². The molecular formula is C16H21NO4. The number of rotatable bonds is 5. The Morgan fingerprint density at radius 1 is 1.43 bits per heavy atom. The summed E-state index contributed by atoms with van der Waals surface area (Å²) in [7, 11) is 0. The minimum atomic E-state index is -1.01. The van der Waals surface area contributed by atoms with E-state index in [1.54, 1.807) is 0 Å². The van der Waals surface area contributed by atoms with E-state index in [-0.39, 0.29) is 18.5 Å². The Morgan fingerprint density at radius 3 is 2.81 bits per heavy atom. The first-order valence-corrected chi connectivity index (χ1v) is 7.26. The monoisotopic (exact) mass is 291 g/mol. The van der Waals surface area contributed by atoms with Gasteiger partial charge in [0.15, 0.2) is 6.10 Å². The molecule has 0 aromatic heterocycles. The maximum absolute atomic E-state index is 12.7. The van der Waals surface area contributed by atoms with Gasteiger partial charge in [0.25, 0.3) is 5.91 Å². The Kier molecular flexibility index (Phi) is 4.96. The quantitative estimate of drug-likeness (QED) is 0.901. The predicted octanol–water partition coefficient (Wildman–Crippen LogP) is 2.01. The SMILES string of the molecule is CCC(C)N(CC(=O)O)C(=O)C1OCCc2ccccc21. The number of hydrogen-bond donors (Lipinski definition) is 1. The molecule has 1 aliphatic heterocycles. The van der Waals surface area contributed by atoms with Gasteiger partial charge < -0.3 is 14.7 Å². The zero-order chi connectivity index (χ0) is 15.4. The van der Waals surface area contributed by atoms with Crippen LogP contribution in [0, 0.1) is 0 Å². The zero-order valence-electron chi connectivity index (χ0n) is 12.4. The van der Waals surface area contributed by atoms with Gasteiger partial charge in [-0.3, -0.25) is 9.59 Å². The van der Waals surface area contributed by atoms with Crippen molar-refractivity contribution in [2.24, 2.45) is 0 Å². The van der Waals surface area contributed by atoms with Crippen LogP contribution in [-0.4, -0.2) is 41.1 Å². The number of amides is 1. The van der Waals surface area contributed by atoms with E-state index in [2.05, 4.69) is 0 Å². The van der Waals surface area contributed by atoms with E-state index >= 15 is 0 Å².